The van der Waals surface area contributed by atoms with E-state index in [1.165, 1.54) is 17.4 Å². The minimum Gasteiger partial charge on any atom is -0.326 e. The van der Waals surface area contributed by atoms with Crippen LogP contribution in [-0.2, 0) is 6.54 Å². The number of benzene rings is 2. The number of hydrogen-bond donors (Lipinski definition) is 1. The second-order valence-electron chi connectivity index (χ2n) is 4.57. The second-order valence-corrected chi connectivity index (χ2v) is 5.43. The summed E-state index contributed by atoms with van der Waals surface area (Å²) in [5, 5.41) is 2.66. The van der Waals surface area contributed by atoms with Crippen LogP contribution >= 0.6 is 11.3 Å². The van der Waals surface area contributed by atoms with Crippen molar-refractivity contribution < 1.29 is 8.78 Å². The Labute approximate surface area is 124 Å². The molecule has 0 bridgehead atoms. The van der Waals surface area contributed by atoms with Crippen molar-refractivity contribution in [1.29, 1.82) is 0 Å². The number of nitrogens with zero attached hydrogens (tertiary/aromatic N) is 1. The third-order valence-corrected chi connectivity index (χ3v) is 4.05. The van der Waals surface area contributed by atoms with Gasteiger partial charge in [0.1, 0.15) is 5.01 Å². The van der Waals surface area contributed by atoms with Crippen molar-refractivity contribution >= 4 is 11.3 Å². The Bertz CT molecular complexity index is 766. The SMILES string of the molecule is NCc1ccc(-c2nc(-c3ccc(F)c(F)c3)cs2)cc1. The van der Waals surface area contributed by atoms with Crippen molar-refractivity contribution in [1.82, 2.24) is 4.98 Å². The molecule has 3 aromatic rings. The molecule has 0 unspecified atom stereocenters. The Morgan fingerprint density at radius 1 is 0.952 bits per heavy atom. The van der Waals surface area contributed by atoms with E-state index in [9.17, 15) is 8.78 Å². The summed E-state index contributed by atoms with van der Waals surface area (Å²) >= 11 is 1.46. The summed E-state index contributed by atoms with van der Waals surface area (Å²) in [5.41, 5.74) is 8.80. The van der Waals surface area contributed by atoms with Gasteiger partial charge in [0.05, 0.1) is 5.69 Å². The average Bonchev–Trinajstić information content (AvgIpc) is 3.00. The minimum absolute atomic E-state index is 0.498. The van der Waals surface area contributed by atoms with Gasteiger partial charge >= 0.3 is 0 Å². The van der Waals surface area contributed by atoms with E-state index >= 15 is 0 Å². The second kappa shape index (κ2) is 5.71. The first-order chi connectivity index (χ1) is 10.2. The molecule has 2 aromatic carbocycles. The Balaban J connectivity index is 1.93. The lowest BCUT2D eigenvalue weighted by atomic mass is 10.1. The van der Waals surface area contributed by atoms with Gasteiger partial charge in [-0.1, -0.05) is 24.3 Å². The number of halogens is 2. The van der Waals surface area contributed by atoms with Gasteiger partial charge < -0.3 is 5.73 Å². The molecule has 0 saturated carbocycles. The van der Waals surface area contributed by atoms with E-state index in [4.69, 9.17) is 5.73 Å². The van der Waals surface area contributed by atoms with Gasteiger partial charge in [0.15, 0.2) is 11.6 Å². The molecule has 1 heterocycles. The maximum atomic E-state index is 13.3. The predicted molar refractivity (Wildman–Crippen MR) is 80.8 cm³/mol. The van der Waals surface area contributed by atoms with Crippen LogP contribution in [-0.4, -0.2) is 4.98 Å². The molecule has 0 radical (unpaired) electrons. The van der Waals surface area contributed by atoms with Crippen molar-refractivity contribution in [2.45, 2.75) is 6.54 Å². The van der Waals surface area contributed by atoms with Crippen molar-refractivity contribution in [2.75, 3.05) is 0 Å². The molecule has 0 spiro atoms. The first-order valence-corrected chi connectivity index (χ1v) is 7.25. The Morgan fingerprint density at radius 3 is 2.33 bits per heavy atom. The first kappa shape index (κ1) is 13.9. The smallest absolute Gasteiger partial charge is 0.159 e. The maximum absolute atomic E-state index is 13.3. The largest absolute Gasteiger partial charge is 0.326 e. The minimum atomic E-state index is -0.866. The van der Waals surface area contributed by atoms with Crippen molar-refractivity contribution in [2.24, 2.45) is 5.73 Å². The maximum Gasteiger partial charge on any atom is 0.159 e. The normalized spacial score (nSPS) is 10.8. The molecular formula is C16H12F2N2S. The summed E-state index contributed by atoms with van der Waals surface area (Å²) in [6, 6.07) is 11.6. The molecule has 0 atom stereocenters. The van der Waals surface area contributed by atoms with Gasteiger partial charge in [-0.3, -0.25) is 0 Å². The molecule has 5 heteroatoms. The molecule has 3 rings (SSSR count). The predicted octanol–water partition coefficient (Wildman–Crippen LogP) is 4.21. The quantitative estimate of drug-likeness (QED) is 0.787. The Morgan fingerprint density at radius 2 is 1.67 bits per heavy atom. The lowest BCUT2D eigenvalue weighted by Crippen LogP contribution is -1.95. The van der Waals surface area contributed by atoms with Gasteiger partial charge in [-0.2, -0.15) is 0 Å². The molecule has 0 amide bonds. The van der Waals surface area contributed by atoms with Crippen LogP contribution in [0.5, 0.6) is 0 Å². The average molecular weight is 302 g/mol. The summed E-state index contributed by atoms with van der Waals surface area (Å²) in [4.78, 5) is 4.48. The van der Waals surface area contributed by atoms with Crippen LogP contribution in [0.15, 0.2) is 47.8 Å². The van der Waals surface area contributed by atoms with Crippen LogP contribution in [0.2, 0.25) is 0 Å². The molecule has 0 fully saturated rings. The van der Waals surface area contributed by atoms with E-state index in [-0.39, 0.29) is 0 Å². The van der Waals surface area contributed by atoms with Gasteiger partial charge in [-0.25, -0.2) is 13.8 Å². The highest BCUT2D eigenvalue weighted by Gasteiger charge is 2.09. The highest BCUT2D eigenvalue weighted by Crippen LogP contribution is 2.29. The molecule has 2 N–H and O–H groups in total. The van der Waals surface area contributed by atoms with E-state index in [2.05, 4.69) is 4.98 Å². The summed E-state index contributed by atoms with van der Waals surface area (Å²) < 4.78 is 26.2. The van der Waals surface area contributed by atoms with E-state index in [1.54, 1.807) is 0 Å². The molecule has 0 saturated heterocycles. The number of hydrogen-bond acceptors (Lipinski definition) is 3. The molecule has 1 aromatic heterocycles. The summed E-state index contributed by atoms with van der Waals surface area (Å²) in [6.07, 6.45) is 0. The Kier molecular flexibility index (Phi) is 3.77. The van der Waals surface area contributed by atoms with Gasteiger partial charge in [0.2, 0.25) is 0 Å². The third-order valence-electron chi connectivity index (χ3n) is 3.16. The van der Waals surface area contributed by atoms with E-state index < -0.39 is 11.6 Å². The Hall–Kier alpha value is -2.11. The van der Waals surface area contributed by atoms with Gasteiger partial charge in [-0.05, 0) is 23.8 Å². The fourth-order valence-corrected chi connectivity index (χ4v) is 2.81. The first-order valence-electron chi connectivity index (χ1n) is 6.37. The summed E-state index contributed by atoms with van der Waals surface area (Å²) in [6.45, 7) is 0.498. The lowest BCUT2D eigenvalue weighted by Gasteiger charge is -2.00. The summed E-state index contributed by atoms with van der Waals surface area (Å²) in [5.74, 6) is -1.72. The number of thiazole rings is 1. The molecule has 106 valence electrons. The summed E-state index contributed by atoms with van der Waals surface area (Å²) in [7, 11) is 0. The van der Waals surface area contributed by atoms with Crippen LogP contribution in [0.4, 0.5) is 8.78 Å². The topological polar surface area (TPSA) is 38.9 Å². The van der Waals surface area contributed by atoms with Crippen LogP contribution < -0.4 is 5.73 Å². The fraction of sp³-hybridized carbons (Fsp3) is 0.0625. The van der Waals surface area contributed by atoms with Gasteiger partial charge in [-0.15, -0.1) is 11.3 Å². The van der Waals surface area contributed by atoms with Crippen LogP contribution in [0.1, 0.15) is 5.56 Å². The van der Waals surface area contributed by atoms with Crippen LogP contribution in [0.3, 0.4) is 0 Å². The number of rotatable bonds is 3. The van der Waals surface area contributed by atoms with Crippen LogP contribution in [0.25, 0.3) is 21.8 Å². The highest BCUT2D eigenvalue weighted by molar-refractivity contribution is 7.13. The van der Waals surface area contributed by atoms with E-state index in [0.29, 0.717) is 17.8 Å². The standard InChI is InChI=1S/C16H12F2N2S/c17-13-6-5-12(7-14(13)18)15-9-21-16(20-15)11-3-1-10(8-19)2-4-11/h1-7,9H,8,19H2. The zero-order valence-electron chi connectivity index (χ0n) is 11.0. The number of aromatic nitrogens is 1. The zero-order chi connectivity index (χ0) is 14.8. The molecule has 21 heavy (non-hydrogen) atoms. The zero-order valence-corrected chi connectivity index (χ0v) is 11.8. The van der Waals surface area contributed by atoms with Crippen molar-refractivity contribution in [3.05, 3.63) is 65.0 Å². The number of nitrogens with two attached hydrogens (primary N) is 1. The molecule has 0 aliphatic carbocycles. The van der Waals surface area contributed by atoms with Crippen molar-refractivity contribution in [3.8, 4) is 21.8 Å². The molecular weight excluding hydrogens is 290 g/mol. The molecule has 0 aliphatic rings. The van der Waals surface area contributed by atoms with Gasteiger partial charge in [0, 0.05) is 23.1 Å². The van der Waals surface area contributed by atoms with Gasteiger partial charge in [0.25, 0.3) is 0 Å². The van der Waals surface area contributed by atoms with E-state index in [1.807, 2.05) is 29.6 Å². The monoisotopic (exact) mass is 302 g/mol. The molecule has 0 aliphatic heterocycles. The fourth-order valence-electron chi connectivity index (χ4n) is 1.98. The molecule has 2 nitrogen and oxygen atoms in total. The van der Waals surface area contributed by atoms with Crippen LogP contribution in [0, 0.1) is 11.6 Å². The van der Waals surface area contributed by atoms with E-state index in [0.717, 1.165) is 28.3 Å². The highest BCUT2D eigenvalue weighted by atomic mass is 32.1. The lowest BCUT2D eigenvalue weighted by molar-refractivity contribution is 0.509. The third kappa shape index (κ3) is 2.84. The van der Waals surface area contributed by atoms with Crippen molar-refractivity contribution in [3.63, 3.8) is 0 Å².